The van der Waals surface area contributed by atoms with Gasteiger partial charge in [-0.25, -0.2) is 22.2 Å². The van der Waals surface area contributed by atoms with Crippen LogP contribution >= 0.6 is 0 Å². The molecule has 0 aliphatic heterocycles. The highest BCUT2D eigenvalue weighted by molar-refractivity contribution is 7.92. The average Bonchev–Trinajstić information content (AvgIpc) is 3.58. The van der Waals surface area contributed by atoms with Crippen molar-refractivity contribution in [1.82, 2.24) is 14.9 Å². The minimum atomic E-state index is -3.77. The minimum Gasteiger partial charge on any atom is -0.455 e. The molecule has 1 N–H and O–H groups in total. The van der Waals surface area contributed by atoms with Crippen molar-refractivity contribution < 1.29 is 26.4 Å². The lowest BCUT2D eigenvalue weighted by Crippen LogP contribution is -2.25. The summed E-state index contributed by atoms with van der Waals surface area (Å²) in [6.45, 7) is 1.94. The van der Waals surface area contributed by atoms with Crippen LogP contribution in [0.3, 0.4) is 0 Å². The topological polar surface area (TPSA) is 97.4 Å². The van der Waals surface area contributed by atoms with Crippen molar-refractivity contribution in [1.29, 1.82) is 0 Å². The molecule has 6 rings (SSSR count). The number of hydrogen-bond acceptors (Lipinski definition) is 5. The van der Waals surface area contributed by atoms with Gasteiger partial charge in [0.05, 0.1) is 23.0 Å². The van der Waals surface area contributed by atoms with E-state index in [1.54, 1.807) is 28.8 Å². The zero-order valence-electron chi connectivity index (χ0n) is 23.6. The Bertz CT molecular complexity index is 2150. The van der Waals surface area contributed by atoms with Gasteiger partial charge in [0.2, 0.25) is 10.0 Å². The number of benzene rings is 4. The van der Waals surface area contributed by atoms with Crippen LogP contribution in [0.1, 0.15) is 15.9 Å². The van der Waals surface area contributed by atoms with Crippen LogP contribution in [0.15, 0.2) is 83.5 Å². The number of carbonyl (C=O) groups is 1. The molecular formula is C32H26F2N4O4S. The van der Waals surface area contributed by atoms with E-state index in [4.69, 9.17) is 4.42 Å². The molecule has 0 unspecified atom stereocenters. The Morgan fingerprint density at radius 2 is 1.67 bits per heavy atom. The van der Waals surface area contributed by atoms with Gasteiger partial charge in [-0.05, 0) is 55.0 Å². The van der Waals surface area contributed by atoms with E-state index >= 15 is 4.39 Å². The lowest BCUT2D eigenvalue weighted by Gasteiger charge is -2.21. The fourth-order valence-corrected chi connectivity index (χ4v) is 5.61. The summed E-state index contributed by atoms with van der Waals surface area (Å²) in [5.41, 5.74) is 4.15. The molecule has 2 aromatic heterocycles. The Kier molecular flexibility index (Phi) is 6.77. The molecule has 11 heteroatoms. The number of hydrogen-bond donors (Lipinski definition) is 1. The van der Waals surface area contributed by atoms with Crippen LogP contribution in [0.25, 0.3) is 50.1 Å². The highest BCUT2D eigenvalue weighted by Gasteiger charge is 2.26. The first-order valence-electron chi connectivity index (χ1n) is 13.2. The maximum atomic E-state index is 15.6. The predicted octanol–water partition coefficient (Wildman–Crippen LogP) is 6.45. The monoisotopic (exact) mass is 600 g/mol. The summed E-state index contributed by atoms with van der Waals surface area (Å²) in [5, 5.41) is 3.08. The zero-order chi connectivity index (χ0) is 30.6. The van der Waals surface area contributed by atoms with Crippen molar-refractivity contribution in [3.05, 3.63) is 102 Å². The van der Waals surface area contributed by atoms with Gasteiger partial charge in [0.25, 0.3) is 5.91 Å². The molecule has 43 heavy (non-hydrogen) atoms. The summed E-state index contributed by atoms with van der Waals surface area (Å²) in [6.07, 6.45) is 2.50. The van der Waals surface area contributed by atoms with E-state index in [-0.39, 0.29) is 22.4 Å². The first-order valence-corrected chi connectivity index (χ1v) is 15.1. The predicted molar refractivity (Wildman–Crippen MR) is 163 cm³/mol. The van der Waals surface area contributed by atoms with Gasteiger partial charge in [-0.15, -0.1) is 0 Å². The maximum Gasteiger partial charge on any atom is 0.255 e. The van der Waals surface area contributed by atoms with Crippen LogP contribution in [-0.4, -0.2) is 44.2 Å². The zero-order valence-corrected chi connectivity index (χ0v) is 24.5. The molecule has 6 aromatic rings. The number of amides is 1. The largest absolute Gasteiger partial charge is 0.455 e. The van der Waals surface area contributed by atoms with E-state index in [0.717, 1.165) is 16.1 Å². The molecule has 0 saturated heterocycles. The third-order valence-corrected chi connectivity index (χ3v) is 8.62. The standard InChI is InChI=1S/C32H26F2N4O4S/c1-18-5-7-19(8-6-18)31-29(32(39)35-2)24-15-23(26(16-28(24)42-31)37(3)43(4,40)41)20-13-25(34)30-27(14-20)38(17-36-30)22-11-9-21(33)10-12-22/h5-17H,1-4H3,(H,35,39). The minimum absolute atomic E-state index is 0.0863. The Morgan fingerprint density at radius 3 is 2.33 bits per heavy atom. The van der Waals surface area contributed by atoms with Crippen LogP contribution in [0.5, 0.6) is 0 Å². The molecular weight excluding hydrogens is 574 g/mol. The quantitative estimate of drug-likeness (QED) is 0.237. The number of carbonyl (C=O) groups excluding carboxylic acids is 1. The number of aromatic nitrogens is 2. The number of furan rings is 1. The van der Waals surface area contributed by atoms with Gasteiger partial charge in [-0.2, -0.15) is 0 Å². The second-order valence-electron chi connectivity index (χ2n) is 10.3. The first-order chi connectivity index (χ1) is 20.5. The molecule has 0 radical (unpaired) electrons. The first kappa shape index (κ1) is 28.1. The van der Waals surface area contributed by atoms with Crippen molar-refractivity contribution in [2.45, 2.75) is 6.92 Å². The van der Waals surface area contributed by atoms with Crippen LogP contribution < -0.4 is 9.62 Å². The second kappa shape index (κ2) is 10.4. The summed E-state index contributed by atoms with van der Waals surface area (Å²) in [5.74, 6) is -1.14. The molecule has 218 valence electrons. The number of rotatable bonds is 6. The molecule has 0 bridgehead atoms. The fraction of sp³-hybridized carbons (Fsp3) is 0.125. The third kappa shape index (κ3) is 4.91. The van der Waals surface area contributed by atoms with Crippen molar-refractivity contribution >= 4 is 43.6 Å². The van der Waals surface area contributed by atoms with Crippen LogP contribution in [-0.2, 0) is 10.0 Å². The van der Waals surface area contributed by atoms with Gasteiger partial charge in [-0.1, -0.05) is 29.8 Å². The second-order valence-corrected chi connectivity index (χ2v) is 12.3. The molecule has 0 saturated carbocycles. The number of fused-ring (bicyclic) bond motifs is 2. The van der Waals surface area contributed by atoms with E-state index < -0.39 is 27.6 Å². The van der Waals surface area contributed by atoms with E-state index in [2.05, 4.69) is 10.3 Å². The van der Waals surface area contributed by atoms with Gasteiger partial charge in [0, 0.05) is 42.4 Å². The molecule has 0 aliphatic carbocycles. The molecule has 4 aromatic carbocycles. The summed E-state index contributed by atoms with van der Waals surface area (Å²) < 4.78 is 63.6. The summed E-state index contributed by atoms with van der Waals surface area (Å²) in [4.78, 5) is 17.4. The van der Waals surface area contributed by atoms with Gasteiger partial charge >= 0.3 is 0 Å². The van der Waals surface area contributed by atoms with Crippen molar-refractivity contribution in [3.8, 4) is 28.1 Å². The highest BCUT2D eigenvalue weighted by atomic mass is 32.2. The van der Waals surface area contributed by atoms with Crippen LogP contribution in [0.4, 0.5) is 14.5 Å². The smallest absolute Gasteiger partial charge is 0.255 e. The molecule has 8 nitrogen and oxygen atoms in total. The van der Waals surface area contributed by atoms with Crippen molar-refractivity contribution in [3.63, 3.8) is 0 Å². The summed E-state index contributed by atoms with van der Waals surface area (Å²) >= 11 is 0. The number of anilines is 1. The fourth-order valence-electron chi connectivity index (χ4n) is 5.10. The maximum absolute atomic E-state index is 15.6. The number of nitrogens with one attached hydrogen (secondary N) is 1. The lowest BCUT2D eigenvalue weighted by atomic mass is 9.97. The third-order valence-electron chi connectivity index (χ3n) is 7.43. The Balaban J connectivity index is 1.66. The Morgan fingerprint density at radius 1 is 0.977 bits per heavy atom. The molecule has 0 atom stereocenters. The van der Waals surface area contributed by atoms with E-state index in [1.807, 2.05) is 31.2 Å². The van der Waals surface area contributed by atoms with Gasteiger partial charge in [0.1, 0.15) is 29.0 Å². The van der Waals surface area contributed by atoms with Gasteiger partial charge in [-0.3, -0.25) is 13.7 Å². The normalized spacial score (nSPS) is 11.8. The molecule has 0 aliphatic rings. The average molecular weight is 601 g/mol. The van der Waals surface area contributed by atoms with E-state index in [9.17, 15) is 17.6 Å². The molecule has 2 heterocycles. The lowest BCUT2D eigenvalue weighted by molar-refractivity contribution is 0.0964. The summed E-state index contributed by atoms with van der Waals surface area (Å²) in [7, 11) is -0.871. The number of halogens is 2. The van der Waals surface area contributed by atoms with Crippen LogP contribution in [0, 0.1) is 18.6 Å². The molecule has 0 spiro atoms. The van der Waals surface area contributed by atoms with Gasteiger partial charge < -0.3 is 9.73 Å². The van der Waals surface area contributed by atoms with Crippen LogP contribution in [0.2, 0.25) is 0 Å². The van der Waals surface area contributed by atoms with Gasteiger partial charge in [0.15, 0.2) is 5.82 Å². The number of sulfonamides is 1. The number of nitrogens with zero attached hydrogens (tertiary/aromatic N) is 3. The van der Waals surface area contributed by atoms with E-state index in [0.29, 0.717) is 39.0 Å². The highest BCUT2D eigenvalue weighted by Crippen LogP contribution is 2.42. The Labute approximate surface area is 246 Å². The SMILES string of the molecule is CNC(=O)c1c(-c2ccc(C)cc2)oc2cc(N(C)S(C)(=O)=O)c(-c3cc(F)c4ncn(-c5ccc(F)cc5)c4c3)cc12. The molecule has 0 fully saturated rings. The number of imidazole rings is 1. The number of aryl methyl sites for hydroxylation is 1. The van der Waals surface area contributed by atoms with E-state index in [1.165, 1.54) is 44.7 Å². The van der Waals surface area contributed by atoms with Crippen molar-refractivity contribution in [2.75, 3.05) is 24.7 Å². The summed E-state index contributed by atoms with van der Waals surface area (Å²) in [6, 6.07) is 19.3. The Hall–Kier alpha value is -5.03. The van der Waals surface area contributed by atoms with Crippen molar-refractivity contribution in [2.24, 2.45) is 0 Å². The molecule has 1 amide bonds.